The summed E-state index contributed by atoms with van der Waals surface area (Å²) in [6, 6.07) is 16.0. The number of amides is 1. The molecule has 158 valence electrons. The van der Waals surface area contributed by atoms with E-state index in [1.807, 2.05) is 0 Å². The molecule has 5 nitrogen and oxygen atoms in total. The second kappa shape index (κ2) is 9.41. The normalized spacial score (nSPS) is 10.9. The predicted octanol–water partition coefficient (Wildman–Crippen LogP) is 4.04. The van der Waals surface area contributed by atoms with Crippen molar-refractivity contribution < 1.29 is 22.0 Å². The van der Waals surface area contributed by atoms with Crippen LogP contribution in [0.3, 0.4) is 0 Å². The van der Waals surface area contributed by atoms with Gasteiger partial charge in [0.05, 0.1) is 11.4 Å². The lowest BCUT2D eigenvalue weighted by Crippen LogP contribution is -2.31. The maximum Gasteiger partial charge on any atom is 0.261 e. The predicted molar refractivity (Wildman–Crippen MR) is 114 cm³/mol. The molecule has 3 aromatic carbocycles. The van der Waals surface area contributed by atoms with E-state index < -0.39 is 27.6 Å². The van der Waals surface area contributed by atoms with E-state index in [0.717, 1.165) is 12.1 Å². The smallest absolute Gasteiger partial charge is 0.261 e. The monoisotopic (exact) mass is 440 g/mol. The van der Waals surface area contributed by atoms with Crippen LogP contribution in [-0.2, 0) is 16.6 Å². The molecule has 0 aliphatic carbocycles. The molecular formula is C23H18F2N2O3S. The molecular weight excluding hydrogens is 422 g/mol. The number of hydrogen-bond donors (Lipinski definition) is 1. The van der Waals surface area contributed by atoms with Crippen LogP contribution in [0.4, 0.5) is 14.5 Å². The Morgan fingerprint density at radius 2 is 1.58 bits per heavy atom. The molecule has 0 aliphatic rings. The van der Waals surface area contributed by atoms with Gasteiger partial charge in [-0.2, -0.15) is 0 Å². The lowest BCUT2D eigenvalue weighted by atomic mass is 10.1. The fourth-order valence-corrected chi connectivity index (χ4v) is 3.93. The minimum atomic E-state index is -4.01. The third-order valence-corrected chi connectivity index (χ3v) is 5.72. The number of sulfonamides is 1. The molecule has 31 heavy (non-hydrogen) atoms. The summed E-state index contributed by atoms with van der Waals surface area (Å²) in [7, 11) is -4.01. The Kier molecular flexibility index (Phi) is 6.68. The van der Waals surface area contributed by atoms with Gasteiger partial charge in [0.25, 0.3) is 15.9 Å². The fourth-order valence-electron chi connectivity index (χ4n) is 2.83. The number of hydrogen-bond acceptors (Lipinski definition) is 3. The van der Waals surface area contributed by atoms with Crippen molar-refractivity contribution in [3.05, 3.63) is 95.6 Å². The first kappa shape index (κ1) is 22.0. The van der Waals surface area contributed by atoms with Crippen LogP contribution >= 0.6 is 0 Å². The van der Waals surface area contributed by atoms with Gasteiger partial charge < -0.3 is 4.90 Å². The van der Waals surface area contributed by atoms with E-state index in [4.69, 9.17) is 6.42 Å². The van der Waals surface area contributed by atoms with Gasteiger partial charge in [0, 0.05) is 17.8 Å². The van der Waals surface area contributed by atoms with E-state index in [0.29, 0.717) is 5.56 Å². The molecule has 8 heteroatoms. The highest BCUT2D eigenvalue weighted by Crippen LogP contribution is 2.19. The summed E-state index contributed by atoms with van der Waals surface area (Å²) >= 11 is 0. The van der Waals surface area contributed by atoms with Gasteiger partial charge >= 0.3 is 0 Å². The zero-order valence-electron chi connectivity index (χ0n) is 16.3. The van der Waals surface area contributed by atoms with Crippen molar-refractivity contribution in [2.24, 2.45) is 0 Å². The second-order valence-corrected chi connectivity index (χ2v) is 8.31. The van der Waals surface area contributed by atoms with Crippen LogP contribution in [0.1, 0.15) is 15.9 Å². The van der Waals surface area contributed by atoms with E-state index in [9.17, 15) is 22.0 Å². The minimum absolute atomic E-state index is 0.0129. The molecule has 0 fully saturated rings. The summed E-state index contributed by atoms with van der Waals surface area (Å²) in [5.41, 5.74) is 0.981. The van der Waals surface area contributed by atoms with Crippen LogP contribution in [-0.4, -0.2) is 25.8 Å². The Bertz CT molecular complexity index is 1220. The molecule has 0 spiro atoms. The Morgan fingerprint density at radius 3 is 2.19 bits per heavy atom. The first-order valence-electron chi connectivity index (χ1n) is 9.14. The Morgan fingerprint density at radius 1 is 0.968 bits per heavy atom. The summed E-state index contributed by atoms with van der Waals surface area (Å²) in [6.45, 7) is 0.120. The molecule has 3 rings (SSSR count). The van der Waals surface area contributed by atoms with E-state index in [1.165, 1.54) is 53.4 Å². The summed E-state index contributed by atoms with van der Waals surface area (Å²) < 4.78 is 53.9. The summed E-state index contributed by atoms with van der Waals surface area (Å²) in [4.78, 5) is 14.2. The van der Waals surface area contributed by atoms with Gasteiger partial charge in [-0.05, 0) is 60.2 Å². The van der Waals surface area contributed by atoms with E-state index >= 15 is 0 Å². The Hall–Kier alpha value is -3.70. The number of rotatable bonds is 7. The molecule has 0 aromatic heterocycles. The van der Waals surface area contributed by atoms with Crippen molar-refractivity contribution in [3.63, 3.8) is 0 Å². The zero-order chi connectivity index (χ0) is 22.4. The Labute approximate surface area is 179 Å². The highest BCUT2D eigenvalue weighted by Gasteiger charge is 2.20. The highest BCUT2D eigenvalue weighted by molar-refractivity contribution is 7.92. The first-order valence-corrected chi connectivity index (χ1v) is 10.6. The zero-order valence-corrected chi connectivity index (χ0v) is 17.1. The maximum atomic E-state index is 13.1. The van der Waals surface area contributed by atoms with Crippen LogP contribution in [0.2, 0.25) is 0 Å². The van der Waals surface area contributed by atoms with Gasteiger partial charge in [-0.25, -0.2) is 17.2 Å². The SMILES string of the molecule is C#CCN(Cc1ccc(F)cc1)C(=O)c1cccc(S(=O)(=O)Nc2ccc(F)cc2)c1. The molecule has 0 aliphatic heterocycles. The third kappa shape index (κ3) is 5.68. The van der Waals surface area contributed by atoms with Crippen molar-refractivity contribution in [1.82, 2.24) is 4.90 Å². The quantitative estimate of drug-likeness (QED) is 0.564. The molecule has 0 radical (unpaired) electrons. The molecule has 0 unspecified atom stereocenters. The number of benzene rings is 3. The number of nitrogens with one attached hydrogen (secondary N) is 1. The van der Waals surface area contributed by atoms with Gasteiger partial charge in [0.1, 0.15) is 11.6 Å². The fraction of sp³-hybridized carbons (Fsp3) is 0.0870. The second-order valence-electron chi connectivity index (χ2n) is 6.63. The van der Waals surface area contributed by atoms with Crippen molar-refractivity contribution in [2.75, 3.05) is 11.3 Å². The van der Waals surface area contributed by atoms with Crippen LogP contribution in [0.25, 0.3) is 0 Å². The van der Waals surface area contributed by atoms with Crippen LogP contribution in [0.5, 0.6) is 0 Å². The molecule has 1 amide bonds. The van der Waals surface area contributed by atoms with Crippen LogP contribution < -0.4 is 4.72 Å². The average molecular weight is 440 g/mol. The molecule has 3 aromatic rings. The van der Waals surface area contributed by atoms with Gasteiger partial charge in [0.15, 0.2) is 0 Å². The summed E-state index contributed by atoms with van der Waals surface area (Å²) in [6.07, 6.45) is 5.38. The lowest BCUT2D eigenvalue weighted by molar-refractivity contribution is 0.0765. The number of terminal acetylenes is 1. The largest absolute Gasteiger partial charge is 0.323 e. The van der Waals surface area contributed by atoms with Crippen molar-refractivity contribution in [1.29, 1.82) is 0 Å². The number of nitrogens with zero attached hydrogens (tertiary/aromatic N) is 1. The average Bonchev–Trinajstić information content (AvgIpc) is 2.76. The van der Waals surface area contributed by atoms with Gasteiger partial charge in [-0.3, -0.25) is 9.52 Å². The standard InChI is InChI=1S/C23H18F2N2O3S/c1-2-14-27(16-17-6-8-19(24)9-7-17)23(28)18-4-3-5-22(15-18)31(29,30)26-21-12-10-20(25)11-13-21/h1,3-13,15,26H,14,16H2. The number of carbonyl (C=O) groups is 1. The number of halogens is 2. The van der Waals surface area contributed by atoms with Crippen LogP contribution in [0, 0.1) is 24.0 Å². The topological polar surface area (TPSA) is 66.5 Å². The summed E-state index contributed by atoms with van der Waals surface area (Å²) in [5.74, 6) is 1.04. The van der Waals surface area contributed by atoms with Gasteiger partial charge in [-0.1, -0.05) is 24.1 Å². The van der Waals surface area contributed by atoms with Gasteiger partial charge in [0.2, 0.25) is 0 Å². The van der Waals surface area contributed by atoms with Crippen molar-refractivity contribution in [2.45, 2.75) is 11.4 Å². The van der Waals surface area contributed by atoms with E-state index in [-0.39, 0.29) is 29.2 Å². The molecule has 0 saturated carbocycles. The molecule has 0 bridgehead atoms. The van der Waals surface area contributed by atoms with Crippen molar-refractivity contribution >= 4 is 21.6 Å². The third-order valence-electron chi connectivity index (χ3n) is 4.34. The molecule has 1 N–H and O–H groups in total. The Balaban J connectivity index is 1.84. The molecule has 0 heterocycles. The number of anilines is 1. The molecule has 0 saturated heterocycles. The van der Waals surface area contributed by atoms with E-state index in [1.54, 1.807) is 12.1 Å². The number of carbonyl (C=O) groups excluding carboxylic acids is 1. The van der Waals surface area contributed by atoms with Crippen molar-refractivity contribution in [3.8, 4) is 12.3 Å². The lowest BCUT2D eigenvalue weighted by Gasteiger charge is -2.21. The summed E-state index contributed by atoms with van der Waals surface area (Å²) in [5, 5.41) is 0. The first-order chi connectivity index (χ1) is 14.8. The molecule has 0 atom stereocenters. The highest BCUT2D eigenvalue weighted by atomic mass is 32.2. The minimum Gasteiger partial charge on any atom is -0.323 e. The van der Waals surface area contributed by atoms with E-state index in [2.05, 4.69) is 10.6 Å². The maximum absolute atomic E-state index is 13.1. The van der Waals surface area contributed by atoms with Gasteiger partial charge in [-0.15, -0.1) is 6.42 Å². The van der Waals surface area contributed by atoms with Crippen LogP contribution in [0.15, 0.2) is 77.7 Å².